The maximum absolute atomic E-state index is 12.3. The minimum absolute atomic E-state index is 0.170. The minimum Gasteiger partial charge on any atom is -0.493 e. The molecule has 0 saturated carbocycles. The molecular weight excluding hydrogens is 244 g/mol. The van der Waals surface area contributed by atoms with E-state index < -0.39 is 11.7 Å². The van der Waals surface area contributed by atoms with Gasteiger partial charge in [-0.3, -0.25) is 4.79 Å². The molecular formula is C15H16O4. The first-order valence-corrected chi connectivity index (χ1v) is 6.28. The molecule has 1 atom stereocenters. The Morgan fingerprint density at radius 2 is 2.11 bits per heavy atom. The summed E-state index contributed by atoms with van der Waals surface area (Å²) in [5.74, 6) is 1.23. The van der Waals surface area contributed by atoms with Crippen LogP contribution in [0.2, 0.25) is 0 Å². The lowest BCUT2D eigenvalue weighted by Gasteiger charge is -2.24. The Bertz CT molecular complexity index is 593. The lowest BCUT2D eigenvalue weighted by atomic mass is 9.94. The van der Waals surface area contributed by atoms with Crippen molar-refractivity contribution in [3.8, 4) is 5.75 Å². The van der Waals surface area contributed by atoms with Crippen LogP contribution in [-0.2, 0) is 11.3 Å². The quantitative estimate of drug-likeness (QED) is 0.841. The first-order valence-electron chi connectivity index (χ1n) is 6.28. The van der Waals surface area contributed by atoms with Crippen LogP contribution in [0, 0.1) is 0 Å². The SMILES string of the molecule is CC1=Cc2ccc3c(c2CO1)OC(C(C)(C)O)C3=O. The van der Waals surface area contributed by atoms with Gasteiger partial charge in [0.1, 0.15) is 18.0 Å². The molecule has 2 heterocycles. The van der Waals surface area contributed by atoms with E-state index in [0.29, 0.717) is 17.9 Å². The standard InChI is InChI=1S/C15H16O4/c1-8-6-9-4-5-10-12(16)14(15(2,3)17)19-13(10)11(9)7-18-8/h4-6,14,17H,7H2,1-3H3. The van der Waals surface area contributed by atoms with Crippen molar-refractivity contribution >= 4 is 11.9 Å². The molecule has 4 heteroatoms. The Hall–Kier alpha value is -1.81. The van der Waals surface area contributed by atoms with Gasteiger partial charge in [0.25, 0.3) is 0 Å². The normalized spacial score (nSPS) is 21.2. The fraction of sp³-hybridized carbons (Fsp3) is 0.400. The summed E-state index contributed by atoms with van der Waals surface area (Å²) in [6.07, 6.45) is 1.07. The summed E-state index contributed by atoms with van der Waals surface area (Å²) in [5.41, 5.74) is 1.21. The first kappa shape index (κ1) is 12.2. The van der Waals surface area contributed by atoms with Crippen LogP contribution in [-0.4, -0.2) is 22.6 Å². The Kier molecular flexibility index (Phi) is 2.47. The molecule has 0 spiro atoms. The smallest absolute Gasteiger partial charge is 0.210 e. The van der Waals surface area contributed by atoms with Crippen molar-refractivity contribution < 1.29 is 19.4 Å². The van der Waals surface area contributed by atoms with Crippen molar-refractivity contribution in [2.24, 2.45) is 0 Å². The Balaban J connectivity index is 2.10. The molecule has 0 aromatic heterocycles. The van der Waals surface area contributed by atoms with Gasteiger partial charge in [-0.1, -0.05) is 6.07 Å². The highest BCUT2D eigenvalue weighted by Crippen LogP contribution is 2.40. The summed E-state index contributed by atoms with van der Waals surface area (Å²) < 4.78 is 11.2. The number of Topliss-reactive ketones (excluding diaryl/α,β-unsaturated/α-hetero) is 1. The molecule has 1 aromatic carbocycles. The largest absolute Gasteiger partial charge is 0.493 e. The molecule has 0 bridgehead atoms. The summed E-state index contributed by atoms with van der Waals surface area (Å²) in [6, 6.07) is 3.66. The summed E-state index contributed by atoms with van der Waals surface area (Å²) in [6.45, 7) is 5.44. The molecule has 1 unspecified atom stereocenters. The Labute approximate surface area is 111 Å². The monoisotopic (exact) mass is 260 g/mol. The Morgan fingerprint density at radius 3 is 2.79 bits per heavy atom. The number of hydrogen-bond acceptors (Lipinski definition) is 4. The molecule has 2 aliphatic heterocycles. The number of ether oxygens (including phenoxy) is 2. The molecule has 19 heavy (non-hydrogen) atoms. The van der Waals surface area contributed by atoms with Gasteiger partial charge in [0.05, 0.1) is 11.3 Å². The number of benzene rings is 1. The Morgan fingerprint density at radius 1 is 1.37 bits per heavy atom. The highest BCUT2D eigenvalue weighted by atomic mass is 16.5. The fourth-order valence-electron chi connectivity index (χ4n) is 2.48. The molecule has 0 aliphatic carbocycles. The van der Waals surface area contributed by atoms with Crippen molar-refractivity contribution in [3.05, 3.63) is 34.6 Å². The average Bonchev–Trinajstić information content (AvgIpc) is 2.66. The number of carbonyl (C=O) groups is 1. The van der Waals surface area contributed by atoms with Gasteiger partial charge in [-0.2, -0.15) is 0 Å². The highest BCUT2D eigenvalue weighted by Gasteiger charge is 2.43. The van der Waals surface area contributed by atoms with Gasteiger partial charge in [0, 0.05) is 5.56 Å². The number of ketones is 1. The van der Waals surface area contributed by atoms with Gasteiger partial charge in [0.2, 0.25) is 5.78 Å². The van der Waals surface area contributed by atoms with Crippen LogP contribution in [0.3, 0.4) is 0 Å². The molecule has 0 amide bonds. The molecule has 1 aromatic rings. The summed E-state index contributed by atoms with van der Waals surface area (Å²) in [4.78, 5) is 12.3. The van der Waals surface area contributed by atoms with Crippen LogP contribution < -0.4 is 4.74 Å². The van der Waals surface area contributed by atoms with E-state index in [2.05, 4.69) is 0 Å². The lowest BCUT2D eigenvalue weighted by molar-refractivity contribution is -0.0145. The molecule has 2 aliphatic rings. The third-order valence-corrected chi connectivity index (χ3v) is 3.48. The first-order chi connectivity index (χ1) is 8.88. The van der Waals surface area contributed by atoms with E-state index in [1.165, 1.54) is 0 Å². The van der Waals surface area contributed by atoms with Crippen molar-refractivity contribution in [2.45, 2.75) is 39.1 Å². The summed E-state index contributed by atoms with van der Waals surface area (Å²) in [5, 5.41) is 10.0. The number of fused-ring (bicyclic) bond motifs is 3. The van der Waals surface area contributed by atoms with Crippen molar-refractivity contribution in [2.75, 3.05) is 0 Å². The molecule has 100 valence electrons. The molecule has 4 nitrogen and oxygen atoms in total. The van der Waals surface area contributed by atoms with E-state index in [1.54, 1.807) is 19.9 Å². The van der Waals surface area contributed by atoms with Gasteiger partial charge in [-0.25, -0.2) is 0 Å². The van der Waals surface area contributed by atoms with Gasteiger partial charge < -0.3 is 14.6 Å². The maximum atomic E-state index is 12.3. The van der Waals surface area contributed by atoms with E-state index in [1.807, 2.05) is 19.1 Å². The van der Waals surface area contributed by atoms with Gasteiger partial charge in [0.15, 0.2) is 6.10 Å². The number of carbonyl (C=O) groups excluding carboxylic acids is 1. The third kappa shape index (κ3) is 1.83. The molecule has 1 N–H and O–H groups in total. The topological polar surface area (TPSA) is 55.8 Å². The van der Waals surface area contributed by atoms with E-state index in [9.17, 15) is 9.90 Å². The van der Waals surface area contributed by atoms with E-state index in [0.717, 1.165) is 16.9 Å². The maximum Gasteiger partial charge on any atom is 0.210 e. The number of hydrogen-bond donors (Lipinski definition) is 1. The molecule has 0 radical (unpaired) electrons. The van der Waals surface area contributed by atoms with Crippen LogP contribution in [0.25, 0.3) is 6.08 Å². The second-order valence-electron chi connectivity index (χ2n) is 5.57. The van der Waals surface area contributed by atoms with Crippen molar-refractivity contribution in [1.29, 1.82) is 0 Å². The van der Waals surface area contributed by atoms with Crippen LogP contribution >= 0.6 is 0 Å². The van der Waals surface area contributed by atoms with Crippen molar-refractivity contribution in [3.63, 3.8) is 0 Å². The number of aliphatic hydroxyl groups is 1. The number of allylic oxidation sites excluding steroid dienone is 1. The van der Waals surface area contributed by atoms with Crippen LogP contribution in [0.5, 0.6) is 5.75 Å². The van der Waals surface area contributed by atoms with Crippen molar-refractivity contribution in [1.82, 2.24) is 0 Å². The molecule has 3 rings (SSSR count). The van der Waals surface area contributed by atoms with E-state index >= 15 is 0 Å². The van der Waals surface area contributed by atoms with E-state index in [-0.39, 0.29) is 5.78 Å². The predicted molar refractivity (Wildman–Crippen MR) is 69.9 cm³/mol. The van der Waals surface area contributed by atoms with Gasteiger partial charge in [-0.15, -0.1) is 0 Å². The van der Waals surface area contributed by atoms with Gasteiger partial charge >= 0.3 is 0 Å². The molecule has 0 fully saturated rings. The zero-order chi connectivity index (χ0) is 13.8. The highest BCUT2D eigenvalue weighted by molar-refractivity contribution is 6.06. The molecule has 0 saturated heterocycles. The van der Waals surface area contributed by atoms with E-state index in [4.69, 9.17) is 9.47 Å². The fourth-order valence-corrected chi connectivity index (χ4v) is 2.48. The summed E-state index contributed by atoms with van der Waals surface area (Å²) in [7, 11) is 0. The number of rotatable bonds is 1. The van der Waals surface area contributed by atoms with Crippen LogP contribution in [0.4, 0.5) is 0 Å². The second-order valence-corrected chi connectivity index (χ2v) is 5.57. The average molecular weight is 260 g/mol. The lowest BCUT2D eigenvalue weighted by Crippen LogP contribution is -2.43. The third-order valence-electron chi connectivity index (χ3n) is 3.48. The van der Waals surface area contributed by atoms with Crippen LogP contribution in [0.1, 0.15) is 42.3 Å². The predicted octanol–water partition coefficient (Wildman–Crippen LogP) is 2.29. The zero-order valence-corrected chi connectivity index (χ0v) is 11.2. The second kappa shape index (κ2) is 3.84. The zero-order valence-electron chi connectivity index (χ0n) is 11.2. The minimum atomic E-state index is -1.20. The summed E-state index contributed by atoms with van der Waals surface area (Å²) >= 11 is 0. The van der Waals surface area contributed by atoms with Gasteiger partial charge in [-0.05, 0) is 38.5 Å². The van der Waals surface area contributed by atoms with Crippen LogP contribution in [0.15, 0.2) is 17.9 Å².